The summed E-state index contributed by atoms with van der Waals surface area (Å²) in [5, 5.41) is 4.21. The van der Waals surface area contributed by atoms with Crippen molar-refractivity contribution >= 4 is 11.3 Å². The van der Waals surface area contributed by atoms with Crippen molar-refractivity contribution in [3.63, 3.8) is 0 Å². The van der Waals surface area contributed by atoms with E-state index in [9.17, 15) is 0 Å². The molecule has 2 nitrogen and oxygen atoms in total. The van der Waals surface area contributed by atoms with Crippen LogP contribution in [0.15, 0.2) is 16.8 Å². The molecule has 16 heavy (non-hydrogen) atoms. The summed E-state index contributed by atoms with van der Waals surface area (Å²) >= 11 is 1.69. The van der Waals surface area contributed by atoms with Gasteiger partial charge >= 0.3 is 0 Å². The molecule has 0 aromatic carbocycles. The van der Waals surface area contributed by atoms with E-state index in [1.807, 2.05) is 0 Å². The first-order valence-electron chi connectivity index (χ1n) is 5.95. The molecule has 92 valence electrons. The van der Waals surface area contributed by atoms with Crippen LogP contribution in [0.3, 0.4) is 0 Å². The van der Waals surface area contributed by atoms with Gasteiger partial charge in [0.05, 0.1) is 11.7 Å². The van der Waals surface area contributed by atoms with E-state index in [1.165, 1.54) is 5.56 Å². The highest BCUT2D eigenvalue weighted by Crippen LogP contribution is 2.30. The number of nitrogens with two attached hydrogens (primary N) is 1. The van der Waals surface area contributed by atoms with Gasteiger partial charge in [0, 0.05) is 6.04 Å². The molecular formula is C13H23NOS. The van der Waals surface area contributed by atoms with Crippen molar-refractivity contribution in [2.45, 2.75) is 58.3 Å². The maximum Gasteiger partial charge on any atom is 0.0990 e. The number of hydrogen-bond acceptors (Lipinski definition) is 3. The van der Waals surface area contributed by atoms with Gasteiger partial charge in [-0.2, -0.15) is 11.3 Å². The fourth-order valence-corrected chi connectivity index (χ4v) is 2.16. The second kappa shape index (κ2) is 5.80. The van der Waals surface area contributed by atoms with E-state index in [0.717, 1.165) is 12.8 Å². The minimum absolute atomic E-state index is 0.0196. The van der Waals surface area contributed by atoms with Crippen LogP contribution in [0.2, 0.25) is 0 Å². The molecule has 0 bridgehead atoms. The molecule has 0 aliphatic rings. The van der Waals surface area contributed by atoms with E-state index in [2.05, 4.69) is 44.5 Å². The third-order valence-electron chi connectivity index (χ3n) is 3.03. The molecule has 0 spiro atoms. The monoisotopic (exact) mass is 241 g/mol. The van der Waals surface area contributed by atoms with Gasteiger partial charge in [-0.05, 0) is 49.1 Å². The lowest BCUT2D eigenvalue weighted by Gasteiger charge is -2.32. The van der Waals surface area contributed by atoms with E-state index >= 15 is 0 Å². The Kier molecular flexibility index (Phi) is 4.96. The molecule has 0 aliphatic heterocycles. The van der Waals surface area contributed by atoms with E-state index < -0.39 is 0 Å². The zero-order chi connectivity index (χ0) is 12.2. The Morgan fingerprint density at radius 1 is 1.44 bits per heavy atom. The van der Waals surface area contributed by atoms with Crippen LogP contribution < -0.4 is 5.73 Å². The molecule has 3 heteroatoms. The summed E-state index contributed by atoms with van der Waals surface area (Å²) in [5.74, 6) is 0. The Balaban J connectivity index is 2.81. The molecule has 1 rings (SSSR count). The maximum atomic E-state index is 6.17. The van der Waals surface area contributed by atoms with Crippen LogP contribution in [0.4, 0.5) is 0 Å². The molecule has 0 saturated carbocycles. The van der Waals surface area contributed by atoms with Crippen LogP contribution in [-0.4, -0.2) is 11.6 Å². The summed E-state index contributed by atoms with van der Waals surface area (Å²) in [5.41, 5.74) is 7.25. The molecule has 0 saturated heterocycles. The zero-order valence-corrected chi connectivity index (χ0v) is 11.5. The van der Waals surface area contributed by atoms with Crippen molar-refractivity contribution in [2.24, 2.45) is 5.73 Å². The highest BCUT2D eigenvalue weighted by atomic mass is 32.1. The molecular weight excluding hydrogens is 218 g/mol. The molecule has 2 unspecified atom stereocenters. The molecule has 2 N–H and O–H groups in total. The van der Waals surface area contributed by atoms with Gasteiger partial charge in [0.1, 0.15) is 0 Å². The van der Waals surface area contributed by atoms with Gasteiger partial charge in [-0.3, -0.25) is 0 Å². The lowest BCUT2D eigenvalue weighted by molar-refractivity contribution is -0.0856. The molecule has 1 aromatic rings. The first kappa shape index (κ1) is 13.7. The van der Waals surface area contributed by atoms with Crippen molar-refractivity contribution in [2.75, 3.05) is 0 Å². The highest BCUT2D eigenvalue weighted by molar-refractivity contribution is 7.07. The normalized spacial score (nSPS) is 16.1. The quantitative estimate of drug-likeness (QED) is 0.823. The van der Waals surface area contributed by atoms with Gasteiger partial charge in [-0.25, -0.2) is 0 Å². The van der Waals surface area contributed by atoms with E-state index in [4.69, 9.17) is 10.5 Å². The van der Waals surface area contributed by atoms with E-state index in [-0.39, 0.29) is 17.7 Å². The molecule has 0 radical (unpaired) electrons. The Morgan fingerprint density at radius 3 is 2.56 bits per heavy atom. The summed E-state index contributed by atoms with van der Waals surface area (Å²) < 4.78 is 6.17. The van der Waals surface area contributed by atoms with Crippen LogP contribution in [0.1, 0.15) is 52.2 Å². The maximum absolute atomic E-state index is 6.17. The first-order valence-corrected chi connectivity index (χ1v) is 6.90. The van der Waals surface area contributed by atoms with E-state index in [1.54, 1.807) is 11.3 Å². The molecule has 1 aromatic heterocycles. The van der Waals surface area contributed by atoms with Crippen molar-refractivity contribution in [1.82, 2.24) is 0 Å². The van der Waals surface area contributed by atoms with Crippen LogP contribution in [0, 0.1) is 0 Å². The van der Waals surface area contributed by atoms with Crippen LogP contribution >= 0.6 is 11.3 Å². The van der Waals surface area contributed by atoms with Crippen LogP contribution in [0.5, 0.6) is 0 Å². The lowest BCUT2D eigenvalue weighted by atomic mass is 10.0. The van der Waals surface area contributed by atoms with Gasteiger partial charge in [-0.1, -0.05) is 13.8 Å². The summed E-state index contributed by atoms with van der Waals surface area (Å²) in [6, 6.07) is 2.18. The second-order valence-electron chi connectivity index (χ2n) is 4.78. The number of rotatable bonds is 6. The smallest absolute Gasteiger partial charge is 0.0990 e. The molecule has 0 amide bonds. The largest absolute Gasteiger partial charge is 0.366 e. The molecule has 0 fully saturated rings. The number of thiophene rings is 1. The minimum Gasteiger partial charge on any atom is -0.366 e. The number of hydrogen-bond donors (Lipinski definition) is 1. The van der Waals surface area contributed by atoms with Crippen molar-refractivity contribution in [3.8, 4) is 0 Å². The Labute approximate surface area is 103 Å². The predicted octanol–water partition coefficient (Wildman–Crippen LogP) is 3.73. The Hall–Kier alpha value is -0.380. The fourth-order valence-electron chi connectivity index (χ4n) is 1.48. The van der Waals surface area contributed by atoms with Gasteiger partial charge in [0.15, 0.2) is 0 Å². The lowest BCUT2D eigenvalue weighted by Crippen LogP contribution is -2.35. The molecule has 1 heterocycles. The summed E-state index contributed by atoms with van der Waals surface area (Å²) in [6.45, 7) is 8.48. The van der Waals surface area contributed by atoms with Crippen molar-refractivity contribution < 1.29 is 4.74 Å². The number of ether oxygens (including phenoxy) is 1. The molecule has 0 aliphatic carbocycles. The average molecular weight is 241 g/mol. The highest BCUT2D eigenvalue weighted by Gasteiger charge is 2.27. The van der Waals surface area contributed by atoms with Crippen LogP contribution in [0.25, 0.3) is 0 Å². The molecule has 2 atom stereocenters. The Morgan fingerprint density at radius 2 is 2.12 bits per heavy atom. The third-order valence-corrected chi connectivity index (χ3v) is 3.73. The third kappa shape index (κ3) is 3.58. The van der Waals surface area contributed by atoms with E-state index in [0.29, 0.717) is 0 Å². The minimum atomic E-state index is -0.112. The van der Waals surface area contributed by atoms with Gasteiger partial charge in [-0.15, -0.1) is 0 Å². The summed E-state index contributed by atoms with van der Waals surface area (Å²) in [7, 11) is 0. The topological polar surface area (TPSA) is 35.2 Å². The predicted molar refractivity (Wildman–Crippen MR) is 70.8 cm³/mol. The van der Waals surface area contributed by atoms with Crippen molar-refractivity contribution in [1.29, 1.82) is 0 Å². The van der Waals surface area contributed by atoms with Gasteiger partial charge in [0.25, 0.3) is 0 Å². The SMILES string of the molecule is CCC(N)C(OC(C)(C)CC)c1ccsc1. The van der Waals surface area contributed by atoms with Crippen molar-refractivity contribution in [3.05, 3.63) is 22.4 Å². The zero-order valence-electron chi connectivity index (χ0n) is 10.7. The Bertz CT molecular complexity index is 295. The standard InChI is InChI=1S/C13H23NOS/c1-5-11(14)12(10-7-8-16-9-10)15-13(3,4)6-2/h7-9,11-12H,5-6,14H2,1-4H3. The summed E-state index contributed by atoms with van der Waals surface area (Å²) in [4.78, 5) is 0. The second-order valence-corrected chi connectivity index (χ2v) is 5.56. The summed E-state index contributed by atoms with van der Waals surface area (Å²) in [6.07, 6.45) is 1.94. The fraction of sp³-hybridized carbons (Fsp3) is 0.692. The average Bonchev–Trinajstić information content (AvgIpc) is 2.78. The van der Waals surface area contributed by atoms with Gasteiger partial charge in [0.2, 0.25) is 0 Å². The first-order chi connectivity index (χ1) is 7.50. The van der Waals surface area contributed by atoms with Gasteiger partial charge < -0.3 is 10.5 Å². The van der Waals surface area contributed by atoms with Crippen LogP contribution in [-0.2, 0) is 4.74 Å².